The Kier molecular flexibility index (Phi) is 8.35. The minimum atomic E-state index is -0.565. The molecule has 7 heteroatoms. The van der Waals surface area contributed by atoms with E-state index in [4.69, 9.17) is 10.5 Å². The first-order valence-electron chi connectivity index (χ1n) is 8.55. The summed E-state index contributed by atoms with van der Waals surface area (Å²) < 4.78 is 5.27. The second-order valence-corrected chi connectivity index (χ2v) is 6.13. The fourth-order valence-electron chi connectivity index (χ4n) is 2.90. The van der Waals surface area contributed by atoms with E-state index in [1.165, 1.54) is 0 Å². The number of nitrogens with one attached hydrogen (secondary N) is 1. The van der Waals surface area contributed by atoms with E-state index >= 15 is 0 Å². The van der Waals surface area contributed by atoms with Crippen LogP contribution in [0, 0.1) is 5.41 Å². The number of amides is 2. The van der Waals surface area contributed by atoms with Crippen molar-refractivity contribution in [2.45, 2.75) is 26.7 Å². The average molecular weight is 370 g/mol. The Bertz CT molecular complexity index is 576. The van der Waals surface area contributed by atoms with Crippen LogP contribution in [0.25, 0.3) is 0 Å². The Balaban J connectivity index is 0.00000312. The molecule has 0 saturated carbocycles. The number of halogens is 1. The zero-order valence-corrected chi connectivity index (χ0v) is 15.7. The summed E-state index contributed by atoms with van der Waals surface area (Å²) in [5.74, 6) is -0.128. The Morgan fingerprint density at radius 1 is 1.24 bits per heavy atom. The molecule has 1 heterocycles. The molecule has 0 spiro atoms. The topological polar surface area (TPSA) is 84.7 Å². The van der Waals surface area contributed by atoms with Crippen molar-refractivity contribution in [1.82, 2.24) is 4.90 Å². The summed E-state index contributed by atoms with van der Waals surface area (Å²) in [6, 6.07) is 7.07. The highest BCUT2D eigenvalue weighted by atomic mass is 35.5. The Morgan fingerprint density at radius 2 is 1.88 bits per heavy atom. The lowest BCUT2D eigenvalue weighted by Gasteiger charge is -2.29. The number of nitrogens with zero attached hydrogens (tertiary/aromatic N) is 1. The van der Waals surface area contributed by atoms with Gasteiger partial charge in [-0.25, -0.2) is 0 Å². The minimum Gasteiger partial charge on any atom is -0.378 e. The summed E-state index contributed by atoms with van der Waals surface area (Å²) in [6.45, 7) is 6.55. The van der Waals surface area contributed by atoms with Gasteiger partial charge in [-0.15, -0.1) is 12.4 Å². The molecule has 25 heavy (non-hydrogen) atoms. The molecular formula is C18H28ClN3O3. The highest BCUT2D eigenvalue weighted by Crippen LogP contribution is 2.27. The van der Waals surface area contributed by atoms with Crippen LogP contribution < -0.4 is 11.1 Å². The molecule has 1 aliphatic rings. The van der Waals surface area contributed by atoms with Gasteiger partial charge in [-0.05, 0) is 31.0 Å². The van der Waals surface area contributed by atoms with E-state index in [1.807, 2.05) is 13.8 Å². The first-order chi connectivity index (χ1) is 11.6. The van der Waals surface area contributed by atoms with Crippen molar-refractivity contribution in [3.05, 3.63) is 29.8 Å². The number of anilines is 1. The van der Waals surface area contributed by atoms with Gasteiger partial charge < -0.3 is 20.7 Å². The van der Waals surface area contributed by atoms with E-state index in [-0.39, 0.29) is 24.2 Å². The molecule has 1 saturated heterocycles. The number of benzene rings is 1. The van der Waals surface area contributed by atoms with Crippen molar-refractivity contribution in [3.63, 3.8) is 0 Å². The third kappa shape index (κ3) is 4.93. The molecule has 1 aliphatic heterocycles. The van der Waals surface area contributed by atoms with Crippen LogP contribution in [0.15, 0.2) is 24.3 Å². The van der Waals surface area contributed by atoms with Crippen LogP contribution in [0.1, 0.15) is 37.0 Å². The van der Waals surface area contributed by atoms with Gasteiger partial charge in [0.25, 0.3) is 5.91 Å². The normalized spacial score (nSPS) is 14.6. The number of nitrogens with two attached hydrogens (primary N) is 1. The predicted octanol–water partition coefficient (Wildman–Crippen LogP) is 2.28. The zero-order valence-electron chi connectivity index (χ0n) is 14.9. The maximum Gasteiger partial charge on any atom is 0.254 e. The number of morpholine rings is 1. The van der Waals surface area contributed by atoms with Gasteiger partial charge in [0.15, 0.2) is 0 Å². The highest BCUT2D eigenvalue weighted by molar-refractivity contribution is 5.98. The highest BCUT2D eigenvalue weighted by Gasteiger charge is 2.33. The summed E-state index contributed by atoms with van der Waals surface area (Å²) in [6.07, 6.45) is 1.36. The molecule has 0 aliphatic carbocycles. The third-order valence-corrected chi connectivity index (χ3v) is 4.89. The first-order valence-corrected chi connectivity index (χ1v) is 8.55. The van der Waals surface area contributed by atoms with Gasteiger partial charge in [0, 0.05) is 30.9 Å². The molecular weight excluding hydrogens is 342 g/mol. The summed E-state index contributed by atoms with van der Waals surface area (Å²) in [4.78, 5) is 26.9. The van der Waals surface area contributed by atoms with E-state index in [0.717, 1.165) is 0 Å². The SMILES string of the molecule is CCC(CC)(CN)C(=O)Nc1cccc(C(=O)N2CCOCC2)c1.Cl. The molecule has 0 bridgehead atoms. The van der Waals surface area contributed by atoms with Crippen LogP contribution in [-0.2, 0) is 9.53 Å². The van der Waals surface area contributed by atoms with Crippen molar-refractivity contribution >= 4 is 29.9 Å². The van der Waals surface area contributed by atoms with E-state index in [0.29, 0.717) is 56.9 Å². The first kappa shape index (κ1) is 21.4. The largest absolute Gasteiger partial charge is 0.378 e. The maximum absolute atomic E-state index is 12.6. The zero-order chi connectivity index (χ0) is 17.6. The summed E-state index contributed by atoms with van der Waals surface area (Å²) in [5.41, 5.74) is 6.45. The fourth-order valence-corrected chi connectivity index (χ4v) is 2.90. The van der Waals surface area contributed by atoms with Gasteiger partial charge >= 0.3 is 0 Å². The molecule has 2 amide bonds. The predicted molar refractivity (Wildman–Crippen MR) is 101 cm³/mol. The van der Waals surface area contributed by atoms with E-state index < -0.39 is 5.41 Å². The Morgan fingerprint density at radius 3 is 2.44 bits per heavy atom. The summed E-state index contributed by atoms with van der Waals surface area (Å²) in [7, 11) is 0. The number of carbonyl (C=O) groups is 2. The average Bonchev–Trinajstić information content (AvgIpc) is 2.64. The van der Waals surface area contributed by atoms with Crippen LogP contribution in [0.5, 0.6) is 0 Å². The van der Waals surface area contributed by atoms with E-state index in [2.05, 4.69) is 5.32 Å². The number of hydrogen-bond donors (Lipinski definition) is 2. The standard InChI is InChI=1S/C18H27N3O3.ClH/c1-3-18(4-2,13-19)17(23)20-15-7-5-6-14(12-15)16(22)21-8-10-24-11-9-21;/h5-7,12H,3-4,8-11,13,19H2,1-2H3,(H,20,23);1H. The van der Waals surface area contributed by atoms with Crippen LogP contribution in [0.3, 0.4) is 0 Å². The van der Waals surface area contributed by atoms with Crippen molar-refractivity contribution in [2.75, 3.05) is 38.2 Å². The Labute approximate surface area is 155 Å². The second-order valence-electron chi connectivity index (χ2n) is 6.13. The van der Waals surface area contributed by atoms with E-state index in [1.54, 1.807) is 29.2 Å². The quantitative estimate of drug-likeness (QED) is 0.805. The number of rotatable bonds is 6. The van der Waals surface area contributed by atoms with Crippen LogP contribution in [0.2, 0.25) is 0 Å². The van der Waals surface area contributed by atoms with Gasteiger partial charge in [0.2, 0.25) is 5.91 Å². The molecule has 140 valence electrons. The number of hydrogen-bond acceptors (Lipinski definition) is 4. The summed E-state index contributed by atoms with van der Waals surface area (Å²) in [5, 5.41) is 2.92. The molecule has 6 nitrogen and oxygen atoms in total. The van der Waals surface area contributed by atoms with Gasteiger partial charge in [-0.1, -0.05) is 19.9 Å². The number of carbonyl (C=O) groups excluding carboxylic acids is 2. The molecule has 0 aromatic heterocycles. The van der Waals surface area contributed by atoms with Crippen molar-refractivity contribution in [2.24, 2.45) is 11.1 Å². The van der Waals surface area contributed by atoms with Crippen molar-refractivity contribution in [3.8, 4) is 0 Å². The number of ether oxygens (including phenoxy) is 1. The molecule has 1 aromatic rings. The van der Waals surface area contributed by atoms with Gasteiger partial charge in [-0.3, -0.25) is 9.59 Å². The Hall–Kier alpha value is -1.63. The van der Waals surface area contributed by atoms with Gasteiger partial charge in [0.05, 0.1) is 18.6 Å². The molecule has 1 aromatic carbocycles. The fraction of sp³-hybridized carbons (Fsp3) is 0.556. The molecule has 0 atom stereocenters. The molecule has 2 rings (SSSR count). The maximum atomic E-state index is 12.6. The lowest BCUT2D eigenvalue weighted by molar-refractivity contribution is -0.125. The van der Waals surface area contributed by atoms with Gasteiger partial charge in [0.1, 0.15) is 0 Å². The van der Waals surface area contributed by atoms with Crippen LogP contribution in [0.4, 0.5) is 5.69 Å². The molecule has 0 unspecified atom stereocenters. The lowest BCUT2D eigenvalue weighted by Crippen LogP contribution is -2.41. The monoisotopic (exact) mass is 369 g/mol. The second kappa shape index (κ2) is 9.75. The van der Waals surface area contributed by atoms with Crippen LogP contribution >= 0.6 is 12.4 Å². The van der Waals surface area contributed by atoms with Crippen LogP contribution in [-0.4, -0.2) is 49.6 Å². The van der Waals surface area contributed by atoms with Gasteiger partial charge in [-0.2, -0.15) is 0 Å². The molecule has 1 fully saturated rings. The molecule has 3 N–H and O–H groups in total. The van der Waals surface area contributed by atoms with Crippen molar-refractivity contribution in [1.29, 1.82) is 0 Å². The third-order valence-electron chi connectivity index (χ3n) is 4.89. The van der Waals surface area contributed by atoms with Crippen molar-refractivity contribution < 1.29 is 14.3 Å². The minimum absolute atomic E-state index is 0. The summed E-state index contributed by atoms with van der Waals surface area (Å²) >= 11 is 0. The smallest absolute Gasteiger partial charge is 0.254 e. The van der Waals surface area contributed by atoms with E-state index in [9.17, 15) is 9.59 Å². The lowest BCUT2D eigenvalue weighted by atomic mass is 9.81. The molecule has 0 radical (unpaired) electrons.